The molecule has 0 fully saturated rings. The van der Waals surface area contributed by atoms with Gasteiger partial charge >= 0.3 is 5.97 Å². The molecule has 8 heteroatoms. The zero-order valence-corrected chi connectivity index (χ0v) is 13.9. The predicted octanol–water partition coefficient (Wildman–Crippen LogP) is 2.85. The minimum absolute atomic E-state index is 0.152. The molecule has 0 bridgehead atoms. The smallest absolute Gasteiger partial charge is 0.331 e. The molecule has 0 atom stereocenters. The van der Waals surface area contributed by atoms with Gasteiger partial charge in [-0.3, -0.25) is 9.59 Å². The Morgan fingerprint density at radius 3 is 2.82 bits per heavy atom. The van der Waals surface area contributed by atoms with Gasteiger partial charge in [-0.1, -0.05) is 23.8 Å². The van der Waals surface area contributed by atoms with Crippen LogP contribution >= 0.6 is 21.6 Å². The number of hydrogen-bond donors (Lipinski definition) is 0. The van der Waals surface area contributed by atoms with Gasteiger partial charge in [0.05, 0.1) is 0 Å². The van der Waals surface area contributed by atoms with Crippen molar-refractivity contribution in [2.24, 2.45) is 0 Å². The van der Waals surface area contributed by atoms with Crippen LogP contribution in [0, 0.1) is 0 Å². The number of aromatic nitrogens is 1. The largest absolute Gasteiger partial charge is 0.333 e. The molecule has 0 radical (unpaired) electrons. The molecular weight excluding hydrogens is 324 g/mol. The molecule has 120 valence electrons. The number of nitrogens with zero attached hydrogens (tertiary/aromatic N) is 2. The number of hydrogen-bond acceptors (Lipinski definition) is 7. The van der Waals surface area contributed by atoms with Crippen molar-refractivity contribution in [2.75, 3.05) is 5.75 Å². The lowest BCUT2D eigenvalue weighted by Crippen LogP contribution is -2.32. The molecule has 0 aliphatic heterocycles. The van der Waals surface area contributed by atoms with Crippen molar-refractivity contribution in [1.29, 1.82) is 0 Å². The van der Waals surface area contributed by atoms with Crippen molar-refractivity contribution < 1.29 is 19.2 Å². The SMILES string of the molecule is CCCC(=O)N(C=O)OC(=O)CCCSSc1ccccn1. The highest BCUT2D eigenvalue weighted by atomic mass is 33.1. The molecule has 0 aliphatic carbocycles. The molecule has 0 aromatic carbocycles. The maximum absolute atomic E-state index is 11.6. The fraction of sp³-hybridized carbons (Fsp3) is 0.429. The van der Waals surface area contributed by atoms with Crippen LogP contribution in [0.5, 0.6) is 0 Å². The third-order valence-corrected chi connectivity index (χ3v) is 4.75. The number of imide groups is 1. The summed E-state index contributed by atoms with van der Waals surface area (Å²) in [4.78, 5) is 42.6. The summed E-state index contributed by atoms with van der Waals surface area (Å²) in [5, 5.41) is 1.38. The molecule has 1 heterocycles. The molecule has 0 spiro atoms. The topological polar surface area (TPSA) is 76.6 Å². The Labute approximate surface area is 137 Å². The number of pyridine rings is 1. The van der Waals surface area contributed by atoms with Gasteiger partial charge < -0.3 is 4.84 Å². The minimum Gasteiger partial charge on any atom is -0.331 e. The van der Waals surface area contributed by atoms with Gasteiger partial charge in [-0.15, -0.1) is 5.06 Å². The zero-order chi connectivity index (χ0) is 16.2. The fourth-order valence-electron chi connectivity index (χ4n) is 1.38. The predicted molar refractivity (Wildman–Crippen MR) is 85.7 cm³/mol. The molecule has 0 aliphatic rings. The van der Waals surface area contributed by atoms with Crippen LogP contribution in [-0.4, -0.2) is 34.1 Å². The summed E-state index contributed by atoms with van der Waals surface area (Å²) < 4.78 is 0. The molecule has 1 aromatic rings. The summed E-state index contributed by atoms with van der Waals surface area (Å²) in [6.45, 7) is 1.80. The van der Waals surface area contributed by atoms with Crippen molar-refractivity contribution in [1.82, 2.24) is 10.0 Å². The fourth-order valence-corrected chi connectivity index (χ4v) is 3.35. The van der Waals surface area contributed by atoms with E-state index in [1.807, 2.05) is 18.2 Å². The van der Waals surface area contributed by atoms with E-state index in [0.717, 1.165) is 10.8 Å². The Morgan fingerprint density at radius 1 is 1.36 bits per heavy atom. The van der Waals surface area contributed by atoms with Crippen molar-refractivity contribution in [2.45, 2.75) is 37.6 Å². The number of carbonyl (C=O) groups is 3. The first kappa shape index (κ1) is 18.5. The Hall–Kier alpha value is -1.54. The van der Waals surface area contributed by atoms with Crippen LogP contribution in [0.15, 0.2) is 29.4 Å². The van der Waals surface area contributed by atoms with Crippen LogP contribution in [0.1, 0.15) is 32.6 Å². The molecule has 6 nitrogen and oxygen atoms in total. The molecule has 0 unspecified atom stereocenters. The third-order valence-electron chi connectivity index (χ3n) is 2.40. The van der Waals surface area contributed by atoms with Gasteiger partial charge in [0.2, 0.25) is 0 Å². The summed E-state index contributed by atoms with van der Waals surface area (Å²) in [6.07, 6.45) is 3.45. The van der Waals surface area contributed by atoms with Crippen LogP contribution in [0.3, 0.4) is 0 Å². The van der Waals surface area contributed by atoms with Crippen LogP contribution < -0.4 is 0 Å². The lowest BCUT2D eigenvalue weighted by Gasteiger charge is -2.13. The summed E-state index contributed by atoms with van der Waals surface area (Å²) in [5.41, 5.74) is 0. The molecule has 0 saturated heterocycles. The van der Waals surface area contributed by atoms with Crippen LogP contribution in [-0.2, 0) is 19.2 Å². The van der Waals surface area contributed by atoms with E-state index < -0.39 is 11.9 Å². The lowest BCUT2D eigenvalue weighted by molar-refractivity contribution is -0.196. The number of hydroxylamine groups is 2. The lowest BCUT2D eigenvalue weighted by atomic mass is 10.3. The average molecular weight is 342 g/mol. The summed E-state index contributed by atoms with van der Waals surface area (Å²) >= 11 is 0. The quantitative estimate of drug-likeness (QED) is 0.295. The van der Waals surface area contributed by atoms with Gasteiger partial charge in [0.15, 0.2) is 0 Å². The molecule has 0 N–H and O–H groups in total. The third kappa shape index (κ3) is 7.46. The van der Waals surface area contributed by atoms with E-state index in [1.54, 1.807) is 23.9 Å². The van der Waals surface area contributed by atoms with Gasteiger partial charge in [0, 0.05) is 24.8 Å². The molecule has 2 amide bonds. The number of amides is 2. The summed E-state index contributed by atoms with van der Waals surface area (Å²) in [7, 11) is 3.12. The monoisotopic (exact) mass is 342 g/mol. The second kappa shape index (κ2) is 11.1. The van der Waals surface area contributed by atoms with Gasteiger partial charge in [0.1, 0.15) is 5.03 Å². The number of carbonyl (C=O) groups excluding carboxylic acids is 3. The van der Waals surface area contributed by atoms with Crippen molar-refractivity contribution in [3.8, 4) is 0 Å². The maximum Gasteiger partial charge on any atom is 0.333 e. The molecule has 0 saturated carbocycles. The van der Waals surface area contributed by atoms with E-state index in [2.05, 4.69) is 4.98 Å². The highest BCUT2D eigenvalue weighted by Crippen LogP contribution is 2.29. The van der Waals surface area contributed by atoms with E-state index in [1.165, 1.54) is 10.8 Å². The summed E-state index contributed by atoms with van der Waals surface area (Å²) in [6, 6.07) is 5.67. The molecule has 22 heavy (non-hydrogen) atoms. The van der Waals surface area contributed by atoms with Gasteiger partial charge in [-0.25, -0.2) is 9.78 Å². The van der Waals surface area contributed by atoms with Crippen LogP contribution in [0.2, 0.25) is 0 Å². The first-order valence-corrected chi connectivity index (χ1v) is 9.18. The van der Waals surface area contributed by atoms with Gasteiger partial charge in [-0.05, 0) is 35.8 Å². The van der Waals surface area contributed by atoms with Crippen molar-refractivity contribution >= 4 is 39.9 Å². The normalized spacial score (nSPS) is 10.0. The Kier molecular flexibility index (Phi) is 9.33. The van der Waals surface area contributed by atoms with Crippen molar-refractivity contribution in [3.63, 3.8) is 0 Å². The van der Waals surface area contributed by atoms with Crippen LogP contribution in [0.25, 0.3) is 0 Å². The van der Waals surface area contributed by atoms with E-state index in [4.69, 9.17) is 4.84 Å². The standard InChI is InChI=1S/C14H18N2O4S2/c1-2-6-13(18)16(11-17)20-14(19)8-5-10-21-22-12-7-3-4-9-15-12/h3-4,7,9,11H,2,5-6,8,10H2,1H3. The van der Waals surface area contributed by atoms with E-state index in [0.29, 0.717) is 17.9 Å². The van der Waals surface area contributed by atoms with Gasteiger partial charge in [-0.2, -0.15) is 0 Å². The average Bonchev–Trinajstić information content (AvgIpc) is 2.53. The van der Waals surface area contributed by atoms with Crippen molar-refractivity contribution in [3.05, 3.63) is 24.4 Å². The van der Waals surface area contributed by atoms with Gasteiger partial charge in [0.25, 0.3) is 12.3 Å². The van der Waals surface area contributed by atoms with E-state index in [-0.39, 0.29) is 19.3 Å². The molecule has 1 aromatic heterocycles. The second-order valence-electron chi connectivity index (χ2n) is 4.22. The molecular formula is C14H18N2O4S2. The first-order chi connectivity index (χ1) is 10.7. The number of rotatable bonds is 9. The first-order valence-electron chi connectivity index (χ1n) is 6.86. The Bertz CT molecular complexity index is 485. The molecule has 1 rings (SSSR count). The minimum atomic E-state index is -0.583. The van der Waals surface area contributed by atoms with Crippen LogP contribution in [0.4, 0.5) is 0 Å². The van der Waals surface area contributed by atoms with E-state index >= 15 is 0 Å². The highest BCUT2D eigenvalue weighted by Gasteiger charge is 2.16. The zero-order valence-electron chi connectivity index (χ0n) is 12.3. The van der Waals surface area contributed by atoms with E-state index in [9.17, 15) is 14.4 Å². The Morgan fingerprint density at radius 2 is 2.18 bits per heavy atom. The summed E-state index contributed by atoms with van der Waals surface area (Å²) in [5.74, 6) is -0.355. The highest BCUT2D eigenvalue weighted by molar-refractivity contribution is 8.76. The Balaban J connectivity index is 2.17. The second-order valence-corrected chi connectivity index (χ2v) is 6.65. The maximum atomic E-state index is 11.6.